The standard InChI is InChI=1S/C23H22N2O4S/c1-2-25(15-17-8-4-3-5-9-17)21(26)16-29-23(28)18-10-6-11-19(14-18)24-22(27)20-12-7-13-30-20/h3-14H,2,15-16H2,1H3,(H,24,27). The maximum Gasteiger partial charge on any atom is 0.338 e. The molecule has 3 aromatic rings. The van der Waals surface area contributed by atoms with Crippen molar-refractivity contribution >= 4 is 34.8 Å². The van der Waals surface area contributed by atoms with Crippen molar-refractivity contribution in [2.24, 2.45) is 0 Å². The minimum atomic E-state index is -0.619. The Hall–Kier alpha value is -3.45. The number of nitrogens with one attached hydrogen (secondary N) is 1. The SMILES string of the molecule is CCN(Cc1ccccc1)C(=O)COC(=O)c1cccc(NC(=O)c2cccs2)c1. The van der Waals surface area contributed by atoms with Crippen LogP contribution in [-0.2, 0) is 16.1 Å². The summed E-state index contributed by atoms with van der Waals surface area (Å²) < 4.78 is 5.20. The van der Waals surface area contributed by atoms with Crippen molar-refractivity contribution in [2.45, 2.75) is 13.5 Å². The molecule has 2 amide bonds. The zero-order valence-electron chi connectivity index (χ0n) is 16.5. The summed E-state index contributed by atoms with van der Waals surface area (Å²) in [5.41, 5.74) is 1.75. The van der Waals surface area contributed by atoms with Crippen LogP contribution in [0, 0.1) is 0 Å². The lowest BCUT2D eigenvalue weighted by molar-refractivity contribution is -0.134. The van der Waals surface area contributed by atoms with Gasteiger partial charge in [-0.3, -0.25) is 9.59 Å². The van der Waals surface area contributed by atoms with E-state index in [-0.39, 0.29) is 24.0 Å². The first kappa shape index (κ1) is 21.3. The van der Waals surface area contributed by atoms with Crippen molar-refractivity contribution in [1.29, 1.82) is 0 Å². The predicted octanol–water partition coefficient (Wildman–Crippen LogP) is 4.21. The summed E-state index contributed by atoms with van der Waals surface area (Å²) in [6, 6.07) is 19.6. The molecule has 0 atom stereocenters. The molecular weight excluding hydrogens is 400 g/mol. The number of hydrogen-bond donors (Lipinski definition) is 1. The minimum Gasteiger partial charge on any atom is -0.452 e. The Labute approximate surface area is 179 Å². The van der Waals surface area contributed by atoms with Gasteiger partial charge in [-0.1, -0.05) is 42.5 Å². The molecule has 1 heterocycles. The number of benzene rings is 2. The molecule has 30 heavy (non-hydrogen) atoms. The summed E-state index contributed by atoms with van der Waals surface area (Å²) in [6.45, 7) is 2.50. The number of nitrogens with zero attached hydrogens (tertiary/aromatic N) is 1. The van der Waals surface area contributed by atoms with Crippen LogP contribution in [-0.4, -0.2) is 35.8 Å². The largest absolute Gasteiger partial charge is 0.452 e. The number of thiophene rings is 1. The Morgan fingerprint density at radius 1 is 1.00 bits per heavy atom. The summed E-state index contributed by atoms with van der Waals surface area (Å²) in [4.78, 5) is 39.2. The lowest BCUT2D eigenvalue weighted by Gasteiger charge is -2.20. The lowest BCUT2D eigenvalue weighted by Crippen LogP contribution is -2.34. The predicted molar refractivity (Wildman–Crippen MR) is 117 cm³/mol. The van der Waals surface area contributed by atoms with Crippen LogP contribution in [0.4, 0.5) is 5.69 Å². The third-order valence-corrected chi connectivity index (χ3v) is 5.25. The van der Waals surface area contributed by atoms with Crippen molar-refractivity contribution in [1.82, 2.24) is 4.90 Å². The molecule has 0 radical (unpaired) electrons. The number of esters is 1. The second-order valence-corrected chi connectivity index (χ2v) is 7.43. The Balaban J connectivity index is 1.56. The maximum absolute atomic E-state index is 12.5. The molecule has 0 saturated heterocycles. The summed E-state index contributed by atoms with van der Waals surface area (Å²) in [5, 5.41) is 4.56. The average Bonchev–Trinajstić information content (AvgIpc) is 3.31. The average molecular weight is 423 g/mol. The molecule has 0 spiro atoms. The van der Waals surface area contributed by atoms with E-state index in [0.717, 1.165) is 5.56 Å². The first-order chi connectivity index (χ1) is 14.6. The van der Waals surface area contributed by atoms with E-state index < -0.39 is 5.97 Å². The lowest BCUT2D eigenvalue weighted by atomic mass is 10.2. The van der Waals surface area contributed by atoms with Gasteiger partial charge < -0.3 is 15.0 Å². The molecule has 3 rings (SSSR count). The number of amides is 2. The van der Waals surface area contributed by atoms with Crippen LogP contribution in [0.15, 0.2) is 72.1 Å². The monoisotopic (exact) mass is 422 g/mol. The van der Waals surface area contributed by atoms with Crippen LogP contribution in [0.2, 0.25) is 0 Å². The van der Waals surface area contributed by atoms with E-state index in [1.54, 1.807) is 35.2 Å². The number of hydrogen-bond acceptors (Lipinski definition) is 5. The molecule has 7 heteroatoms. The highest BCUT2D eigenvalue weighted by Crippen LogP contribution is 2.15. The summed E-state index contributed by atoms with van der Waals surface area (Å²) in [6.07, 6.45) is 0. The summed E-state index contributed by atoms with van der Waals surface area (Å²) >= 11 is 1.33. The van der Waals surface area contributed by atoms with E-state index in [2.05, 4.69) is 5.32 Å². The van der Waals surface area contributed by atoms with Gasteiger partial charge in [-0.25, -0.2) is 4.79 Å². The van der Waals surface area contributed by atoms with Crippen LogP contribution < -0.4 is 5.32 Å². The van der Waals surface area contributed by atoms with E-state index in [4.69, 9.17) is 4.74 Å². The highest BCUT2D eigenvalue weighted by molar-refractivity contribution is 7.12. The first-order valence-electron chi connectivity index (χ1n) is 9.50. The number of rotatable bonds is 8. The van der Waals surface area contributed by atoms with Crippen LogP contribution in [0.1, 0.15) is 32.5 Å². The van der Waals surface area contributed by atoms with E-state index in [1.807, 2.05) is 42.6 Å². The molecule has 0 aliphatic heterocycles. The molecule has 0 saturated carbocycles. The quantitative estimate of drug-likeness (QED) is 0.552. The number of likely N-dealkylation sites (N-methyl/N-ethyl adjacent to an activating group) is 1. The fourth-order valence-corrected chi connectivity index (χ4v) is 3.43. The van der Waals surface area contributed by atoms with Gasteiger partial charge in [0.05, 0.1) is 10.4 Å². The van der Waals surface area contributed by atoms with Gasteiger partial charge in [-0.15, -0.1) is 11.3 Å². The second-order valence-electron chi connectivity index (χ2n) is 6.48. The van der Waals surface area contributed by atoms with Crippen LogP contribution >= 0.6 is 11.3 Å². The van der Waals surface area contributed by atoms with Gasteiger partial charge in [0.1, 0.15) is 0 Å². The Morgan fingerprint density at radius 2 is 1.80 bits per heavy atom. The summed E-state index contributed by atoms with van der Waals surface area (Å²) in [7, 11) is 0. The van der Waals surface area contributed by atoms with Crippen LogP contribution in [0.3, 0.4) is 0 Å². The number of carbonyl (C=O) groups is 3. The van der Waals surface area contributed by atoms with Gasteiger partial charge in [-0.2, -0.15) is 0 Å². The second kappa shape index (κ2) is 10.4. The zero-order chi connectivity index (χ0) is 21.3. The van der Waals surface area contributed by atoms with E-state index in [9.17, 15) is 14.4 Å². The fraction of sp³-hybridized carbons (Fsp3) is 0.174. The minimum absolute atomic E-state index is 0.245. The zero-order valence-corrected chi connectivity index (χ0v) is 17.4. The maximum atomic E-state index is 12.5. The first-order valence-corrected chi connectivity index (χ1v) is 10.4. The Morgan fingerprint density at radius 3 is 2.50 bits per heavy atom. The number of carbonyl (C=O) groups excluding carboxylic acids is 3. The van der Waals surface area contributed by atoms with Crippen LogP contribution in [0.25, 0.3) is 0 Å². The molecule has 2 aromatic carbocycles. The van der Waals surface area contributed by atoms with Gasteiger partial charge >= 0.3 is 5.97 Å². The molecule has 0 bridgehead atoms. The Bertz CT molecular complexity index is 1000. The molecular formula is C23H22N2O4S. The van der Waals surface area contributed by atoms with E-state index >= 15 is 0 Å². The van der Waals surface area contributed by atoms with Gasteiger partial charge in [0.2, 0.25) is 0 Å². The van der Waals surface area contributed by atoms with Crippen molar-refractivity contribution in [3.63, 3.8) is 0 Å². The third-order valence-electron chi connectivity index (χ3n) is 4.38. The van der Waals surface area contributed by atoms with Crippen molar-refractivity contribution in [3.05, 3.63) is 88.1 Å². The van der Waals surface area contributed by atoms with E-state index in [0.29, 0.717) is 23.7 Å². The van der Waals surface area contributed by atoms with Gasteiger partial charge in [0.15, 0.2) is 6.61 Å². The highest BCUT2D eigenvalue weighted by Gasteiger charge is 2.16. The van der Waals surface area contributed by atoms with Crippen molar-refractivity contribution in [2.75, 3.05) is 18.5 Å². The molecule has 0 aliphatic rings. The molecule has 0 unspecified atom stereocenters. The molecule has 154 valence electrons. The van der Waals surface area contributed by atoms with Crippen molar-refractivity contribution in [3.8, 4) is 0 Å². The van der Waals surface area contributed by atoms with Gasteiger partial charge in [0, 0.05) is 18.8 Å². The third kappa shape index (κ3) is 5.78. The topological polar surface area (TPSA) is 75.7 Å². The van der Waals surface area contributed by atoms with Crippen molar-refractivity contribution < 1.29 is 19.1 Å². The smallest absolute Gasteiger partial charge is 0.338 e. The van der Waals surface area contributed by atoms with Gasteiger partial charge in [0.25, 0.3) is 11.8 Å². The molecule has 1 aromatic heterocycles. The fourth-order valence-electron chi connectivity index (χ4n) is 2.81. The molecule has 0 fully saturated rings. The molecule has 1 N–H and O–H groups in total. The summed E-state index contributed by atoms with van der Waals surface area (Å²) in [5.74, 6) is -1.13. The number of ether oxygens (including phenoxy) is 1. The molecule has 0 aliphatic carbocycles. The highest BCUT2D eigenvalue weighted by atomic mass is 32.1. The van der Waals surface area contributed by atoms with E-state index in [1.165, 1.54) is 17.4 Å². The van der Waals surface area contributed by atoms with Gasteiger partial charge in [-0.05, 0) is 42.1 Å². The number of anilines is 1. The van der Waals surface area contributed by atoms with Crippen LogP contribution in [0.5, 0.6) is 0 Å². The molecule has 6 nitrogen and oxygen atoms in total. The Kier molecular flexibility index (Phi) is 7.34. The normalized spacial score (nSPS) is 10.3.